The monoisotopic (exact) mass is 234 g/mol. The van der Waals surface area contributed by atoms with Crippen LogP contribution in [0.4, 0.5) is 0 Å². The Kier molecular flexibility index (Phi) is 2.60. The molecule has 18 heavy (non-hydrogen) atoms. The molecule has 0 aliphatic carbocycles. The molecule has 0 spiro atoms. The molecule has 0 aliphatic heterocycles. The lowest BCUT2D eigenvalue weighted by atomic mass is 9.90. The maximum atomic E-state index is 11.2. The summed E-state index contributed by atoms with van der Waals surface area (Å²) in [4.78, 5) is 11.2. The summed E-state index contributed by atoms with van der Waals surface area (Å²) in [7, 11) is 0. The first-order valence-electron chi connectivity index (χ1n) is 6.17. The van der Waals surface area contributed by atoms with E-state index in [0.717, 1.165) is 11.8 Å². The van der Waals surface area contributed by atoms with Gasteiger partial charge in [0.1, 0.15) is 6.29 Å². The van der Waals surface area contributed by atoms with Crippen LogP contribution in [0.3, 0.4) is 0 Å². The van der Waals surface area contributed by atoms with Crippen LogP contribution in [-0.2, 0) is 4.79 Å². The Morgan fingerprint density at radius 1 is 0.889 bits per heavy atom. The van der Waals surface area contributed by atoms with Gasteiger partial charge < -0.3 is 4.79 Å². The maximum absolute atomic E-state index is 11.2. The van der Waals surface area contributed by atoms with Crippen LogP contribution in [0, 0.1) is 0 Å². The Bertz CT molecular complexity index is 674. The molecule has 0 aromatic heterocycles. The van der Waals surface area contributed by atoms with Gasteiger partial charge in [-0.25, -0.2) is 0 Å². The van der Waals surface area contributed by atoms with Crippen LogP contribution in [0.25, 0.3) is 21.5 Å². The van der Waals surface area contributed by atoms with E-state index < -0.39 is 0 Å². The first-order valence-corrected chi connectivity index (χ1v) is 6.17. The van der Waals surface area contributed by atoms with Crippen molar-refractivity contribution in [2.75, 3.05) is 0 Å². The third-order valence-corrected chi connectivity index (χ3v) is 3.47. The molecule has 1 unspecified atom stereocenters. The number of benzene rings is 3. The highest BCUT2D eigenvalue weighted by Gasteiger charge is 2.12. The van der Waals surface area contributed by atoms with Crippen molar-refractivity contribution in [1.82, 2.24) is 0 Å². The smallest absolute Gasteiger partial charge is 0.127 e. The third-order valence-electron chi connectivity index (χ3n) is 3.47. The number of carbonyl (C=O) groups is 1. The van der Waals surface area contributed by atoms with E-state index in [0.29, 0.717) is 0 Å². The summed E-state index contributed by atoms with van der Waals surface area (Å²) in [5.41, 5.74) is 1.14. The van der Waals surface area contributed by atoms with Gasteiger partial charge >= 0.3 is 0 Å². The quantitative estimate of drug-likeness (QED) is 0.477. The molecular weight excluding hydrogens is 220 g/mol. The van der Waals surface area contributed by atoms with Crippen molar-refractivity contribution in [1.29, 1.82) is 0 Å². The molecule has 1 atom stereocenters. The van der Waals surface area contributed by atoms with Gasteiger partial charge in [0.05, 0.1) is 0 Å². The van der Waals surface area contributed by atoms with Crippen molar-refractivity contribution in [2.24, 2.45) is 0 Å². The molecule has 0 heterocycles. The zero-order valence-corrected chi connectivity index (χ0v) is 10.3. The molecule has 0 N–H and O–H groups in total. The molecule has 1 nitrogen and oxygen atoms in total. The van der Waals surface area contributed by atoms with E-state index >= 15 is 0 Å². The van der Waals surface area contributed by atoms with Crippen molar-refractivity contribution in [3.05, 3.63) is 60.2 Å². The van der Waals surface area contributed by atoms with Crippen LogP contribution < -0.4 is 0 Å². The largest absolute Gasteiger partial charge is 0.303 e. The Balaban J connectivity index is 2.53. The van der Waals surface area contributed by atoms with E-state index in [2.05, 4.69) is 30.3 Å². The van der Waals surface area contributed by atoms with Gasteiger partial charge in [-0.3, -0.25) is 0 Å². The van der Waals surface area contributed by atoms with Crippen molar-refractivity contribution >= 4 is 27.8 Å². The Morgan fingerprint density at radius 3 is 1.89 bits per heavy atom. The summed E-state index contributed by atoms with van der Waals surface area (Å²) in [6.45, 7) is 1.96. The summed E-state index contributed by atoms with van der Waals surface area (Å²) in [6, 6.07) is 18.7. The van der Waals surface area contributed by atoms with Crippen LogP contribution in [0.15, 0.2) is 54.6 Å². The minimum atomic E-state index is -0.0824. The number of fused-ring (bicyclic) bond motifs is 2. The molecule has 3 aromatic carbocycles. The van der Waals surface area contributed by atoms with E-state index in [1.165, 1.54) is 21.5 Å². The molecule has 0 radical (unpaired) electrons. The Labute approximate surface area is 106 Å². The molecule has 0 saturated carbocycles. The maximum Gasteiger partial charge on any atom is 0.127 e. The Hall–Kier alpha value is -2.15. The molecule has 0 bridgehead atoms. The van der Waals surface area contributed by atoms with Crippen molar-refractivity contribution < 1.29 is 4.79 Å². The van der Waals surface area contributed by atoms with Crippen LogP contribution in [0.2, 0.25) is 0 Å². The number of carbonyl (C=O) groups excluding carboxylic acids is 1. The van der Waals surface area contributed by atoms with Gasteiger partial charge in [-0.15, -0.1) is 0 Å². The van der Waals surface area contributed by atoms with E-state index in [4.69, 9.17) is 0 Å². The number of hydrogen-bond donors (Lipinski definition) is 0. The summed E-state index contributed by atoms with van der Waals surface area (Å²) in [5, 5.41) is 4.74. The molecule has 3 aromatic rings. The number of aldehydes is 1. The summed E-state index contributed by atoms with van der Waals surface area (Å²) in [5.74, 6) is -0.0824. The average molecular weight is 234 g/mol. The SMILES string of the molecule is CC(C=O)c1c2ccccc2cc2ccccc12. The highest BCUT2D eigenvalue weighted by atomic mass is 16.1. The van der Waals surface area contributed by atoms with Crippen molar-refractivity contribution in [3.8, 4) is 0 Å². The highest BCUT2D eigenvalue weighted by molar-refractivity contribution is 6.04. The lowest BCUT2D eigenvalue weighted by Gasteiger charge is -2.13. The molecule has 0 amide bonds. The van der Waals surface area contributed by atoms with E-state index in [1.807, 2.05) is 31.2 Å². The number of rotatable bonds is 2. The predicted molar refractivity (Wildman–Crippen MR) is 75.9 cm³/mol. The van der Waals surface area contributed by atoms with Gasteiger partial charge in [0.15, 0.2) is 0 Å². The highest BCUT2D eigenvalue weighted by Crippen LogP contribution is 2.32. The zero-order valence-electron chi connectivity index (χ0n) is 10.3. The van der Waals surface area contributed by atoms with E-state index in [1.54, 1.807) is 0 Å². The fourth-order valence-corrected chi connectivity index (χ4v) is 2.61. The van der Waals surface area contributed by atoms with E-state index in [9.17, 15) is 4.79 Å². The van der Waals surface area contributed by atoms with Crippen LogP contribution >= 0.6 is 0 Å². The second-order valence-corrected chi connectivity index (χ2v) is 4.66. The van der Waals surface area contributed by atoms with Gasteiger partial charge in [-0.1, -0.05) is 55.5 Å². The van der Waals surface area contributed by atoms with Gasteiger partial charge in [0, 0.05) is 5.92 Å². The molecule has 0 fully saturated rings. The predicted octanol–water partition coefficient (Wildman–Crippen LogP) is 4.30. The lowest BCUT2D eigenvalue weighted by Crippen LogP contribution is -1.97. The zero-order chi connectivity index (χ0) is 12.5. The summed E-state index contributed by atoms with van der Waals surface area (Å²) in [6.07, 6.45) is 1.02. The Morgan fingerprint density at radius 2 is 1.39 bits per heavy atom. The van der Waals surface area contributed by atoms with Gasteiger partial charge in [0.2, 0.25) is 0 Å². The van der Waals surface area contributed by atoms with Crippen LogP contribution in [0.1, 0.15) is 18.4 Å². The fourth-order valence-electron chi connectivity index (χ4n) is 2.61. The summed E-state index contributed by atoms with van der Waals surface area (Å²) < 4.78 is 0. The minimum Gasteiger partial charge on any atom is -0.303 e. The normalized spacial score (nSPS) is 12.7. The molecule has 1 heteroatoms. The molecule has 0 saturated heterocycles. The van der Waals surface area contributed by atoms with Crippen molar-refractivity contribution in [3.63, 3.8) is 0 Å². The first-order chi connectivity index (χ1) is 8.81. The summed E-state index contributed by atoms with van der Waals surface area (Å²) >= 11 is 0. The van der Waals surface area contributed by atoms with Gasteiger partial charge in [-0.05, 0) is 33.2 Å². The molecule has 88 valence electrons. The lowest BCUT2D eigenvalue weighted by molar-refractivity contribution is -0.108. The second-order valence-electron chi connectivity index (χ2n) is 4.66. The minimum absolute atomic E-state index is 0.0824. The third kappa shape index (κ3) is 1.60. The van der Waals surface area contributed by atoms with Crippen LogP contribution in [-0.4, -0.2) is 6.29 Å². The van der Waals surface area contributed by atoms with Gasteiger partial charge in [0.25, 0.3) is 0 Å². The van der Waals surface area contributed by atoms with Crippen molar-refractivity contribution in [2.45, 2.75) is 12.8 Å². The second kappa shape index (κ2) is 4.26. The van der Waals surface area contributed by atoms with E-state index in [-0.39, 0.29) is 5.92 Å². The fraction of sp³-hybridized carbons (Fsp3) is 0.118. The number of hydrogen-bond acceptors (Lipinski definition) is 1. The molecule has 0 aliphatic rings. The molecule has 3 rings (SSSR count). The van der Waals surface area contributed by atoms with Gasteiger partial charge in [-0.2, -0.15) is 0 Å². The molecular formula is C17H14O. The van der Waals surface area contributed by atoms with Crippen LogP contribution in [0.5, 0.6) is 0 Å². The average Bonchev–Trinajstić information content (AvgIpc) is 2.44. The standard InChI is InChI=1S/C17H14O/c1-12(11-18)17-15-8-4-2-6-13(15)10-14-7-3-5-9-16(14)17/h2-12H,1H3. The topological polar surface area (TPSA) is 17.1 Å². The first kappa shape index (κ1) is 11.0.